The van der Waals surface area contributed by atoms with Gasteiger partial charge in [-0.25, -0.2) is 9.56 Å². The fraction of sp³-hybridized carbons (Fsp3) is 0.250. The summed E-state index contributed by atoms with van der Waals surface area (Å²) in [5, 5.41) is 1.27. The van der Waals surface area contributed by atoms with E-state index in [1.165, 1.54) is 14.9 Å². The van der Waals surface area contributed by atoms with Crippen molar-refractivity contribution in [3.8, 4) is 10.6 Å². The van der Waals surface area contributed by atoms with Crippen molar-refractivity contribution in [2.24, 2.45) is 0 Å². The van der Waals surface area contributed by atoms with Gasteiger partial charge in [0, 0.05) is 49.4 Å². The highest BCUT2D eigenvalue weighted by atomic mass is 128. The Hall–Kier alpha value is 0.410. The van der Waals surface area contributed by atoms with E-state index in [4.69, 9.17) is 9.72 Å². The number of nitrogens with zero attached hydrogens (tertiary/aromatic N) is 2. The number of halogens is 3. The molecule has 0 bridgehead atoms. The van der Waals surface area contributed by atoms with Crippen molar-refractivity contribution in [1.29, 1.82) is 0 Å². The molecule has 1 fully saturated rings. The molecule has 0 amide bonds. The molecular weight excluding hydrogens is 649 g/mol. The molecule has 2 heterocycles. The Morgan fingerprint density at radius 1 is 1.04 bits per heavy atom. The number of hydrogen-bond donors (Lipinski definition) is 0. The monoisotopic (exact) mass is 664 g/mol. The largest absolute Gasteiger partial charge is 1.00 e. The normalized spacial score (nSPS) is 14.1. The van der Waals surface area contributed by atoms with Crippen molar-refractivity contribution >= 4 is 58.8 Å². The highest BCUT2D eigenvalue weighted by Gasteiger charge is 2.14. The van der Waals surface area contributed by atoms with Gasteiger partial charge in [0.2, 0.25) is 5.36 Å². The third kappa shape index (κ3) is 4.73. The van der Waals surface area contributed by atoms with Gasteiger partial charge in [0.15, 0.2) is 13.1 Å². The highest BCUT2D eigenvalue weighted by Crippen LogP contribution is 2.28. The van der Waals surface area contributed by atoms with Crippen LogP contribution in [-0.4, -0.2) is 31.3 Å². The second-order valence-electron chi connectivity index (χ2n) is 4.93. The van der Waals surface area contributed by atoms with E-state index in [-0.39, 0.29) is 24.0 Å². The second-order valence-corrected chi connectivity index (χ2v) is 6.02. The first-order valence-corrected chi connectivity index (χ1v) is 14.1. The molecular formula is C16H15I3N2OS. The molecule has 2 aliphatic heterocycles. The van der Waals surface area contributed by atoms with Crippen molar-refractivity contribution < 1.29 is 28.7 Å². The Morgan fingerprint density at radius 2 is 1.78 bits per heavy atom. The molecule has 1 aromatic rings. The lowest BCUT2D eigenvalue weighted by molar-refractivity contribution is -0.00000481. The van der Waals surface area contributed by atoms with Crippen LogP contribution in [0.1, 0.15) is 0 Å². The summed E-state index contributed by atoms with van der Waals surface area (Å²) in [4.78, 5) is 5.97. The van der Waals surface area contributed by atoms with Crippen LogP contribution >= 0.6 is 48.6 Å². The van der Waals surface area contributed by atoms with Crippen LogP contribution in [0.2, 0.25) is 0 Å². The van der Waals surface area contributed by atoms with E-state index >= 15 is 0 Å². The molecule has 1 saturated heterocycles. The third-order valence-corrected chi connectivity index (χ3v) is 4.76. The zero-order chi connectivity index (χ0) is 15.4. The number of para-hydroxylation sites is 1. The van der Waals surface area contributed by atoms with Gasteiger partial charge in [-0.05, 0) is 18.2 Å². The quantitative estimate of drug-likeness (QED) is 0.204. The molecule has 0 aromatic heterocycles. The fourth-order valence-corrected chi connectivity index (χ4v) is 3.58. The van der Waals surface area contributed by atoms with Crippen molar-refractivity contribution in [1.82, 2.24) is 9.56 Å². The number of fused-ring (bicyclic) bond motifs is 2. The Labute approximate surface area is 179 Å². The predicted molar refractivity (Wildman–Crippen MR) is 110 cm³/mol. The smallest absolute Gasteiger partial charge is 0.201 e. The first-order chi connectivity index (χ1) is 10.9. The van der Waals surface area contributed by atoms with Crippen LogP contribution in [0.4, 0.5) is 0 Å². The average molecular weight is 664 g/mol. The summed E-state index contributed by atoms with van der Waals surface area (Å²) in [6, 6.07) is 14.9. The summed E-state index contributed by atoms with van der Waals surface area (Å²) in [6.07, 6.45) is 0. The van der Waals surface area contributed by atoms with Crippen LogP contribution in [0, 0.1) is 0 Å². The van der Waals surface area contributed by atoms with Gasteiger partial charge in [-0.2, -0.15) is 0 Å². The third-order valence-electron chi connectivity index (χ3n) is 3.65. The zero-order valence-electron chi connectivity index (χ0n) is 12.2. The van der Waals surface area contributed by atoms with Crippen LogP contribution in [-0.2, 0) is 4.74 Å². The van der Waals surface area contributed by atoms with E-state index < -0.39 is 0 Å². The molecule has 122 valence electrons. The summed E-state index contributed by atoms with van der Waals surface area (Å²) in [6.45, 7) is 3.57. The van der Waals surface area contributed by atoms with E-state index in [1.54, 1.807) is 0 Å². The first kappa shape index (κ1) is 19.7. The lowest BCUT2D eigenvalue weighted by Gasteiger charge is -2.11. The van der Waals surface area contributed by atoms with Crippen LogP contribution in [0.15, 0.2) is 42.5 Å². The van der Waals surface area contributed by atoms with Crippen LogP contribution in [0.5, 0.6) is 0 Å². The second kappa shape index (κ2) is 9.78. The maximum Gasteiger partial charge on any atom is 0.201 e. The highest BCUT2D eigenvalue weighted by molar-refractivity contribution is 15.0. The van der Waals surface area contributed by atoms with Gasteiger partial charge in [-0.15, -0.1) is 11.3 Å². The number of benzene rings is 2. The molecule has 0 unspecified atom stereocenters. The molecule has 0 radical (unpaired) electrons. The van der Waals surface area contributed by atoms with Crippen molar-refractivity contribution in [2.75, 3.05) is 26.3 Å². The van der Waals surface area contributed by atoms with Gasteiger partial charge in [-0.1, -0.05) is 12.1 Å². The average Bonchev–Trinajstić information content (AvgIpc) is 2.62. The summed E-state index contributed by atoms with van der Waals surface area (Å²) in [5.41, 5.74) is 2.15. The number of morpholine rings is 1. The van der Waals surface area contributed by atoms with Gasteiger partial charge in [0.05, 0.1) is 20.8 Å². The van der Waals surface area contributed by atoms with Gasteiger partial charge in [0.25, 0.3) is 0 Å². The van der Waals surface area contributed by atoms with E-state index in [2.05, 4.69) is 78.2 Å². The van der Waals surface area contributed by atoms with E-state index in [9.17, 15) is 0 Å². The zero-order valence-corrected chi connectivity index (χ0v) is 19.5. The topological polar surface area (TPSA) is 25.1 Å². The SMILES string of the molecule is II.[I-].c1ccc2sc3cc(=[N+]4CCOCC4)ccc-3nc2c1. The van der Waals surface area contributed by atoms with Gasteiger partial charge < -0.3 is 28.7 Å². The number of hydrogen-bond acceptors (Lipinski definition) is 3. The molecule has 7 heteroatoms. The lowest BCUT2D eigenvalue weighted by Crippen LogP contribution is -3.00. The van der Waals surface area contributed by atoms with Crippen LogP contribution in [0.25, 0.3) is 20.8 Å². The lowest BCUT2D eigenvalue weighted by atomic mass is 10.2. The predicted octanol–water partition coefficient (Wildman–Crippen LogP) is 0.979. The molecule has 0 N–H and O–H groups in total. The fourth-order valence-electron chi connectivity index (χ4n) is 2.58. The van der Waals surface area contributed by atoms with Crippen molar-refractivity contribution in [3.63, 3.8) is 0 Å². The first-order valence-electron chi connectivity index (χ1n) is 7.00. The van der Waals surface area contributed by atoms with Crippen molar-refractivity contribution in [2.45, 2.75) is 0 Å². The molecule has 0 atom stereocenters. The molecule has 23 heavy (non-hydrogen) atoms. The molecule has 1 aromatic carbocycles. The molecule has 3 aliphatic rings. The molecule has 0 spiro atoms. The maximum absolute atomic E-state index is 5.41. The van der Waals surface area contributed by atoms with Crippen molar-refractivity contribution in [3.05, 3.63) is 47.8 Å². The van der Waals surface area contributed by atoms with Gasteiger partial charge in [0.1, 0.15) is 13.2 Å². The Morgan fingerprint density at radius 3 is 2.57 bits per heavy atom. The molecule has 1 aliphatic carbocycles. The number of aromatic nitrogens is 1. The minimum atomic E-state index is 0. The van der Waals surface area contributed by atoms with Crippen LogP contribution < -0.4 is 33.9 Å². The molecule has 0 saturated carbocycles. The number of rotatable bonds is 0. The molecule has 4 rings (SSSR count). The van der Waals surface area contributed by atoms with E-state index in [0.717, 1.165) is 37.5 Å². The Bertz CT molecular complexity index is 814. The standard InChI is InChI=1S/C16H15N2OS.I2.HI/c1-2-4-15-13(3-1)17-14-6-5-12(11-16(14)20-15)18-7-9-19-10-8-18;1-2;/h1-6,11H,7-10H2;;1H/q+1;;/p-1. The molecule has 3 nitrogen and oxygen atoms in total. The summed E-state index contributed by atoms with van der Waals surface area (Å²) in [5.74, 6) is 0. The summed E-state index contributed by atoms with van der Waals surface area (Å²) in [7, 11) is 0. The Kier molecular flexibility index (Phi) is 8.39. The van der Waals surface area contributed by atoms with E-state index in [1.807, 2.05) is 17.4 Å². The van der Waals surface area contributed by atoms with E-state index in [0.29, 0.717) is 0 Å². The summed E-state index contributed by atoms with van der Waals surface area (Å²) >= 11 is 6.05. The van der Waals surface area contributed by atoms with Crippen LogP contribution in [0.3, 0.4) is 0 Å². The van der Waals surface area contributed by atoms with Gasteiger partial charge >= 0.3 is 0 Å². The number of ether oxygens (including phenoxy) is 1. The Balaban J connectivity index is 0.000000617. The minimum Gasteiger partial charge on any atom is -1.00 e. The minimum absolute atomic E-state index is 0. The summed E-state index contributed by atoms with van der Waals surface area (Å²) < 4.78 is 9.03. The maximum atomic E-state index is 5.41. The van der Waals surface area contributed by atoms with Gasteiger partial charge in [-0.3, -0.25) is 0 Å².